The Morgan fingerprint density at radius 2 is 1.95 bits per heavy atom. The Labute approximate surface area is 124 Å². The highest BCUT2D eigenvalue weighted by Crippen LogP contribution is 2.47. The molecule has 3 nitrogen and oxygen atoms in total. The molecule has 2 atom stereocenters. The van der Waals surface area contributed by atoms with E-state index in [1.165, 1.54) is 6.42 Å². The summed E-state index contributed by atoms with van der Waals surface area (Å²) in [5, 5.41) is 0.456. The van der Waals surface area contributed by atoms with Crippen molar-refractivity contribution in [3.8, 4) is 11.6 Å². The van der Waals surface area contributed by atoms with Crippen LogP contribution in [0, 0.1) is 5.92 Å². The van der Waals surface area contributed by atoms with Gasteiger partial charge < -0.3 is 4.42 Å². The number of rotatable bonds is 2. The van der Waals surface area contributed by atoms with Gasteiger partial charge in [0.1, 0.15) is 10.9 Å². The van der Waals surface area contributed by atoms with Crippen LogP contribution in [0.1, 0.15) is 51.5 Å². The van der Waals surface area contributed by atoms with E-state index in [1.54, 1.807) is 0 Å². The summed E-state index contributed by atoms with van der Waals surface area (Å²) in [7, 11) is 0. The Morgan fingerprint density at radius 1 is 1.25 bits per heavy atom. The Balaban J connectivity index is 1.97. The van der Waals surface area contributed by atoms with Gasteiger partial charge in [-0.2, -0.15) is 0 Å². The van der Waals surface area contributed by atoms with Gasteiger partial charge in [-0.25, -0.2) is 9.97 Å². The molecule has 0 aromatic carbocycles. The van der Waals surface area contributed by atoms with E-state index < -0.39 is 0 Å². The van der Waals surface area contributed by atoms with E-state index in [0.29, 0.717) is 22.7 Å². The SMILES string of the molecule is CC1CC1c1ccc(-c2nc(Cl)cc(C(C)(C)C)n2)o1. The van der Waals surface area contributed by atoms with Crippen molar-refractivity contribution < 1.29 is 4.42 Å². The van der Waals surface area contributed by atoms with E-state index in [-0.39, 0.29) is 5.41 Å². The number of hydrogen-bond acceptors (Lipinski definition) is 3. The quantitative estimate of drug-likeness (QED) is 0.745. The zero-order valence-electron chi connectivity index (χ0n) is 12.3. The molecule has 1 aliphatic carbocycles. The fourth-order valence-electron chi connectivity index (χ4n) is 2.30. The van der Waals surface area contributed by atoms with Gasteiger partial charge in [0.05, 0.1) is 5.69 Å². The molecule has 106 valence electrons. The van der Waals surface area contributed by atoms with Crippen molar-refractivity contribution in [1.82, 2.24) is 9.97 Å². The molecule has 2 aromatic heterocycles. The lowest BCUT2D eigenvalue weighted by molar-refractivity contribution is 0.512. The van der Waals surface area contributed by atoms with Crippen LogP contribution in [0.5, 0.6) is 0 Å². The van der Waals surface area contributed by atoms with Crippen LogP contribution < -0.4 is 0 Å². The highest BCUT2D eigenvalue weighted by atomic mass is 35.5. The third kappa shape index (κ3) is 2.59. The van der Waals surface area contributed by atoms with Gasteiger partial charge in [-0.15, -0.1) is 0 Å². The van der Waals surface area contributed by atoms with Crippen LogP contribution >= 0.6 is 11.6 Å². The Bertz CT molecular complexity index is 642. The highest BCUT2D eigenvalue weighted by molar-refractivity contribution is 6.29. The Hall–Kier alpha value is -1.35. The van der Waals surface area contributed by atoms with Gasteiger partial charge in [-0.1, -0.05) is 39.3 Å². The zero-order chi connectivity index (χ0) is 14.5. The molecule has 0 spiro atoms. The molecular weight excluding hydrogens is 272 g/mol. The smallest absolute Gasteiger partial charge is 0.197 e. The third-order valence-corrected chi connectivity index (χ3v) is 3.98. The number of halogens is 1. The van der Waals surface area contributed by atoms with E-state index in [1.807, 2.05) is 18.2 Å². The van der Waals surface area contributed by atoms with Crippen LogP contribution in [0.4, 0.5) is 0 Å². The minimum Gasteiger partial charge on any atom is -0.457 e. The zero-order valence-corrected chi connectivity index (χ0v) is 13.0. The van der Waals surface area contributed by atoms with Crippen molar-refractivity contribution in [3.05, 3.63) is 34.8 Å². The van der Waals surface area contributed by atoms with Gasteiger partial charge >= 0.3 is 0 Å². The number of furan rings is 1. The van der Waals surface area contributed by atoms with E-state index in [2.05, 4.69) is 37.7 Å². The number of nitrogens with zero attached hydrogens (tertiary/aromatic N) is 2. The van der Waals surface area contributed by atoms with Gasteiger partial charge in [0.15, 0.2) is 11.6 Å². The summed E-state index contributed by atoms with van der Waals surface area (Å²) in [6.07, 6.45) is 1.20. The van der Waals surface area contributed by atoms with Gasteiger partial charge in [0.25, 0.3) is 0 Å². The minimum atomic E-state index is -0.0677. The molecule has 1 saturated carbocycles. The second-order valence-electron chi connectivity index (χ2n) is 6.67. The molecule has 4 heteroatoms. The van der Waals surface area contributed by atoms with Gasteiger partial charge in [-0.3, -0.25) is 0 Å². The molecule has 0 radical (unpaired) electrons. The largest absolute Gasteiger partial charge is 0.457 e. The molecule has 1 fully saturated rings. The van der Waals surface area contributed by atoms with Crippen molar-refractivity contribution in [2.24, 2.45) is 5.92 Å². The first-order valence-electron chi connectivity index (χ1n) is 7.00. The molecule has 0 bridgehead atoms. The fourth-order valence-corrected chi connectivity index (χ4v) is 2.49. The maximum Gasteiger partial charge on any atom is 0.197 e. The predicted octanol–water partition coefficient (Wildman–Crippen LogP) is 4.81. The van der Waals surface area contributed by atoms with Crippen molar-refractivity contribution >= 4 is 11.6 Å². The summed E-state index contributed by atoms with van der Waals surface area (Å²) in [6, 6.07) is 5.79. The van der Waals surface area contributed by atoms with Crippen LogP contribution in [0.2, 0.25) is 5.15 Å². The molecule has 0 aliphatic heterocycles. The van der Waals surface area contributed by atoms with Crippen LogP contribution in [0.25, 0.3) is 11.6 Å². The van der Waals surface area contributed by atoms with E-state index in [9.17, 15) is 0 Å². The number of aromatic nitrogens is 2. The standard InChI is InChI=1S/C16H19ClN2O/c1-9-7-10(9)11-5-6-12(20-11)15-18-13(16(2,3)4)8-14(17)19-15/h5-6,8-10H,7H2,1-4H3. The molecule has 2 heterocycles. The maximum atomic E-state index is 6.12. The lowest BCUT2D eigenvalue weighted by Gasteiger charge is -2.18. The lowest BCUT2D eigenvalue weighted by Crippen LogP contribution is -2.14. The summed E-state index contributed by atoms with van der Waals surface area (Å²) < 4.78 is 5.90. The fraction of sp³-hybridized carbons (Fsp3) is 0.500. The Morgan fingerprint density at radius 3 is 2.55 bits per heavy atom. The molecular formula is C16H19ClN2O. The molecule has 2 unspecified atom stereocenters. The summed E-state index contributed by atoms with van der Waals surface area (Å²) in [5.74, 6) is 3.59. The van der Waals surface area contributed by atoms with Crippen LogP contribution in [-0.4, -0.2) is 9.97 Å². The van der Waals surface area contributed by atoms with E-state index in [0.717, 1.165) is 17.4 Å². The average Bonchev–Trinajstić information content (AvgIpc) is 2.90. The molecule has 0 amide bonds. The van der Waals surface area contributed by atoms with E-state index >= 15 is 0 Å². The number of hydrogen-bond donors (Lipinski definition) is 0. The van der Waals surface area contributed by atoms with Crippen molar-refractivity contribution in [2.45, 2.75) is 45.4 Å². The predicted molar refractivity (Wildman–Crippen MR) is 80.0 cm³/mol. The normalized spacial score (nSPS) is 22.1. The first-order valence-corrected chi connectivity index (χ1v) is 7.37. The summed E-state index contributed by atoms with van der Waals surface area (Å²) in [5.41, 5.74) is 0.854. The maximum absolute atomic E-state index is 6.12. The second-order valence-corrected chi connectivity index (χ2v) is 7.06. The van der Waals surface area contributed by atoms with Crippen molar-refractivity contribution in [2.75, 3.05) is 0 Å². The Kier molecular flexibility index (Phi) is 3.13. The van der Waals surface area contributed by atoms with Gasteiger partial charge in [-0.05, 0) is 30.5 Å². The van der Waals surface area contributed by atoms with E-state index in [4.69, 9.17) is 16.0 Å². The van der Waals surface area contributed by atoms with Crippen LogP contribution in [-0.2, 0) is 5.41 Å². The molecule has 3 rings (SSSR count). The summed E-state index contributed by atoms with van der Waals surface area (Å²) in [6.45, 7) is 8.55. The molecule has 1 aliphatic rings. The van der Waals surface area contributed by atoms with Crippen LogP contribution in [0.15, 0.2) is 22.6 Å². The monoisotopic (exact) mass is 290 g/mol. The van der Waals surface area contributed by atoms with Crippen molar-refractivity contribution in [3.63, 3.8) is 0 Å². The third-order valence-electron chi connectivity index (χ3n) is 3.79. The average molecular weight is 291 g/mol. The van der Waals surface area contributed by atoms with Crippen LogP contribution in [0.3, 0.4) is 0 Å². The van der Waals surface area contributed by atoms with Gasteiger partial charge in [0.2, 0.25) is 0 Å². The molecule has 20 heavy (non-hydrogen) atoms. The first-order chi connectivity index (χ1) is 9.34. The minimum absolute atomic E-state index is 0.0677. The molecule has 0 saturated heterocycles. The molecule has 0 N–H and O–H groups in total. The molecule has 2 aromatic rings. The van der Waals surface area contributed by atoms with Gasteiger partial charge in [0, 0.05) is 11.3 Å². The second kappa shape index (κ2) is 4.59. The first kappa shape index (κ1) is 13.6. The lowest BCUT2D eigenvalue weighted by atomic mass is 9.92. The van der Waals surface area contributed by atoms with Crippen molar-refractivity contribution in [1.29, 1.82) is 0 Å². The highest BCUT2D eigenvalue weighted by Gasteiger charge is 2.36. The topological polar surface area (TPSA) is 38.9 Å². The summed E-state index contributed by atoms with van der Waals surface area (Å²) >= 11 is 6.12. The summed E-state index contributed by atoms with van der Waals surface area (Å²) in [4.78, 5) is 8.89.